The van der Waals surface area contributed by atoms with Crippen molar-refractivity contribution >= 4 is 33.4 Å². The van der Waals surface area contributed by atoms with E-state index in [0.29, 0.717) is 12.8 Å². The molecule has 1 aliphatic rings. The van der Waals surface area contributed by atoms with Crippen molar-refractivity contribution in [2.75, 3.05) is 25.6 Å². The van der Waals surface area contributed by atoms with Gasteiger partial charge in [-0.1, -0.05) is 138 Å². The molecule has 2 heterocycles. The van der Waals surface area contributed by atoms with Gasteiger partial charge < -0.3 is 50.2 Å². The fourth-order valence-electron chi connectivity index (χ4n) is 6.97. The number of allylic oxidation sites excluding steroid dienone is 9. The Morgan fingerprint density at radius 1 is 0.736 bits per heavy atom. The fraction of sp³-hybridized carbons (Fsp3) is 0.640. The number of nitrogen functional groups attached to an aromatic ring is 1. The van der Waals surface area contributed by atoms with E-state index in [9.17, 15) is 53.7 Å². The van der Waals surface area contributed by atoms with Crippen molar-refractivity contribution in [3.05, 3.63) is 95.7 Å². The molecule has 22 heteroatoms. The molecule has 9 atom stereocenters. The molecule has 2 unspecified atom stereocenters. The number of carbonyl (C=O) groups excluding carboxylic acids is 2. The van der Waals surface area contributed by atoms with E-state index in [1.807, 2.05) is 6.08 Å². The zero-order chi connectivity index (χ0) is 53.0. The highest BCUT2D eigenvalue weighted by Crippen LogP contribution is 2.60. The topological polar surface area (TPSA) is 306 Å². The monoisotopic (exact) mass is 1060 g/mol. The molecule has 2 rings (SSSR count). The average Bonchev–Trinajstić information content (AvgIpc) is 3.61. The molecule has 1 aromatic rings. The number of nitrogens with two attached hydrogens (primary N) is 1. The van der Waals surface area contributed by atoms with Gasteiger partial charge in [0.2, 0.25) is 0 Å². The van der Waals surface area contributed by atoms with Crippen LogP contribution >= 0.6 is 15.6 Å². The number of aliphatic hydroxyl groups excluding tert-OH is 4. The van der Waals surface area contributed by atoms with Crippen LogP contribution in [0.4, 0.5) is 5.82 Å². The Morgan fingerprint density at radius 3 is 2.00 bits per heavy atom. The van der Waals surface area contributed by atoms with E-state index < -0.39 is 95.9 Å². The van der Waals surface area contributed by atoms with Gasteiger partial charge in [-0.3, -0.25) is 23.2 Å². The molecule has 0 bridgehead atoms. The smallest absolute Gasteiger partial charge is 0.462 e. The number of rotatable bonds is 40. The fourth-order valence-corrected chi connectivity index (χ4v) is 9.08. The van der Waals surface area contributed by atoms with Crippen LogP contribution in [0.15, 0.2) is 90.0 Å². The molecule has 408 valence electrons. The quantitative estimate of drug-likeness (QED) is 0.0107. The van der Waals surface area contributed by atoms with Gasteiger partial charge in [0.05, 0.1) is 25.4 Å². The number of esters is 2. The predicted molar refractivity (Wildman–Crippen MR) is 273 cm³/mol. The van der Waals surface area contributed by atoms with E-state index in [-0.39, 0.29) is 31.5 Å². The van der Waals surface area contributed by atoms with E-state index >= 15 is 0 Å². The first kappa shape index (κ1) is 64.2. The summed E-state index contributed by atoms with van der Waals surface area (Å²) >= 11 is 0. The van der Waals surface area contributed by atoms with Crippen LogP contribution in [-0.2, 0) is 46.3 Å². The molecule has 20 nitrogen and oxygen atoms in total. The SMILES string of the molecule is CCCCC/C=C\C[C@@H](O)/C=C/C=C/C=C\[C@@H](O)CCCC(=O)OC[C@H](COP(=O)(O)OP(=O)(O)OC[C@H]1O[C@@H](n2ccc(N)nc2=O)[C@H](O)[C@@H]1O)OC(=O)CCCCCCC/C=C\C=C/CCCCCC. The number of aromatic nitrogens is 2. The molecule has 72 heavy (non-hydrogen) atoms. The van der Waals surface area contributed by atoms with Crippen molar-refractivity contribution in [3.63, 3.8) is 0 Å². The molecule has 0 radical (unpaired) electrons. The second kappa shape index (κ2) is 37.8. The molecule has 0 spiro atoms. The second-order valence-corrected chi connectivity index (χ2v) is 20.4. The average molecular weight is 1060 g/mol. The Bertz CT molecular complexity index is 2030. The van der Waals surface area contributed by atoms with Crippen molar-refractivity contribution in [2.45, 2.75) is 185 Å². The molecule has 1 fully saturated rings. The highest BCUT2D eigenvalue weighted by molar-refractivity contribution is 7.61. The maximum atomic E-state index is 12.9. The molecule has 1 aromatic heterocycles. The number of aliphatic hydroxyl groups is 4. The lowest BCUT2D eigenvalue weighted by Gasteiger charge is -2.21. The van der Waals surface area contributed by atoms with Gasteiger partial charge in [-0.2, -0.15) is 9.29 Å². The second-order valence-electron chi connectivity index (χ2n) is 17.4. The van der Waals surface area contributed by atoms with Gasteiger partial charge in [0.15, 0.2) is 12.3 Å². The number of unbranched alkanes of at least 4 members (excludes halogenated alkanes) is 12. The first-order valence-corrected chi connectivity index (χ1v) is 28.2. The van der Waals surface area contributed by atoms with Crippen molar-refractivity contribution in [1.82, 2.24) is 9.55 Å². The highest BCUT2D eigenvalue weighted by Gasteiger charge is 2.46. The first-order chi connectivity index (χ1) is 34.5. The van der Waals surface area contributed by atoms with Gasteiger partial charge in [0, 0.05) is 19.0 Å². The van der Waals surface area contributed by atoms with Crippen LogP contribution in [0.3, 0.4) is 0 Å². The summed E-state index contributed by atoms with van der Waals surface area (Å²) in [4.78, 5) is 61.9. The molecule has 8 N–H and O–H groups in total. The number of anilines is 1. The van der Waals surface area contributed by atoms with Gasteiger partial charge in [0.1, 0.15) is 30.7 Å². The maximum absolute atomic E-state index is 12.9. The van der Waals surface area contributed by atoms with E-state index in [4.69, 9.17) is 29.0 Å². The summed E-state index contributed by atoms with van der Waals surface area (Å²) in [6.07, 6.45) is 30.3. The van der Waals surface area contributed by atoms with E-state index in [1.54, 1.807) is 30.4 Å². The van der Waals surface area contributed by atoms with Crippen molar-refractivity contribution in [1.29, 1.82) is 0 Å². The summed E-state index contributed by atoms with van der Waals surface area (Å²) in [5, 5.41) is 41.3. The normalized spacial score (nSPS) is 20.6. The molecule has 0 amide bonds. The van der Waals surface area contributed by atoms with E-state index in [1.165, 1.54) is 44.2 Å². The number of ether oxygens (including phenoxy) is 3. The number of nitrogens with zero attached hydrogens (tertiary/aromatic N) is 2. The van der Waals surface area contributed by atoms with Crippen molar-refractivity contribution in [2.24, 2.45) is 0 Å². The van der Waals surface area contributed by atoms with E-state index in [2.05, 4.69) is 53.5 Å². The Balaban J connectivity index is 1.89. The third-order valence-corrected chi connectivity index (χ3v) is 13.6. The van der Waals surface area contributed by atoms with Crippen LogP contribution in [0.5, 0.6) is 0 Å². The third-order valence-electron chi connectivity index (χ3n) is 11.0. The minimum Gasteiger partial charge on any atom is -0.462 e. The van der Waals surface area contributed by atoms with Crippen LogP contribution in [0, 0.1) is 0 Å². The van der Waals surface area contributed by atoms with Gasteiger partial charge in [-0.15, -0.1) is 0 Å². The summed E-state index contributed by atoms with van der Waals surface area (Å²) in [7, 11) is -11.0. The Kier molecular flexibility index (Phi) is 33.7. The number of hydrogen-bond donors (Lipinski definition) is 7. The summed E-state index contributed by atoms with van der Waals surface area (Å²) in [6.45, 7) is 1.81. The first-order valence-electron chi connectivity index (χ1n) is 25.2. The molecule has 0 aliphatic carbocycles. The van der Waals surface area contributed by atoms with Gasteiger partial charge in [-0.25, -0.2) is 13.9 Å². The van der Waals surface area contributed by atoms with Crippen molar-refractivity contribution in [3.8, 4) is 0 Å². The lowest BCUT2D eigenvalue weighted by atomic mass is 10.1. The van der Waals surface area contributed by atoms with Gasteiger partial charge >= 0.3 is 33.3 Å². The largest absolute Gasteiger partial charge is 0.481 e. The standard InChI is InChI=1S/C50H81N3O17P2/c1-3-5-7-9-11-12-13-14-15-16-17-18-19-21-27-33-46(57)68-42(37-65-45(56)34-28-32-41(55)31-26-23-22-25-30-40(54)29-24-20-10-8-6-4-2)38-66-71(61,62)70-72(63,64)67-39-43-47(58)48(59)49(69-43)53-36-35-44(51)52-50(53)60/h12-15,20,22-26,30-31,35-36,40-43,47-49,54-55,58-59H,3-11,16-19,21,27-29,32-34,37-39H2,1-2H3,(H,61,62)(H,63,64)(H2,51,52,60)/b13-12-,15-14-,23-22+,24-20-,30-25+,31-26-/t40-,41-,42-,43-,47-,48-,49-/m1/s1. The summed E-state index contributed by atoms with van der Waals surface area (Å²) in [6, 6.07) is 1.23. The lowest BCUT2D eigenvalue weighted by Crippen LogP contribution is -2.36. The lowest BCUT2D eigenvalue weighted by molar-refractivity contribution is -0.161. The summed E-state index contributed by atoms with van der Waals surface area (Å²) in [5.74, 6) is -1.58. The Hall–Kier alpha value is -3.88. The van der Waals surface area contributed by atoms with Crippen LogP contribution < -0.4 is 11.4 Å². The molecule has 1 saturated heterocycles. The Morgan fingerprint density at radius 2 is 1.32 bits per heavy atom. The van der Waals surface area contributed by atoms with E-state index in [0.717, 1.165) is 68.6 Å². The number of hydrogen-bond acceptors (Lipinski definition) is 17. The number of phosphoric acid groups is 2. The third kappa shape index (κ3) is 30.3. The minimum absolute atomic E-state index is 0.0236. The Labute approximate surface area is 424 Å². The van der Waals surface area contributed by atoms with Crippen LogP contribution in [0.25, 0.3) is 0 Å². The molecule has 0 aromatic carbocycles. The molecule has 0 saturated carbocycles. The molecule has 1 aliphatic heterocycles. The number of carbonyl (C=O) groups is 2. The van der Waals surface area contributed by atoms with Crippen LogP contribution in [0.2, 0.25) is 0 Å². The van der Waals surface area contributed by atoms with Crippen LogP contribution in [0.1, 0.15) is 148 Å². The molecular weight excluding hydrogens is 977 g/mol. The van der Waals surface area contributed by atoms with Gasteiger partial charge in [0.25, 0.3) is 0 Å². The van der Waals surface area contributed by atoms with Crippen LogP contribution in [-0.4, -0.2) is 108 Å². The van der Waals surface area contributed by atoms with Gasteiger partial charge in [-0.05, 0) is 70.3 Å². The predicted octanol–water partition coefficient (Wildman–Crippen LogP) is 8.05. The summed E-state index contributed by atoms with van der Waals surface area (Å²) < 4.78 is 56.5. The maximum Gasteiger partial charge on any atom is 0.481 e. The highest BCUT2D eigenvalue weighted by atomic mass is 31.3. The zero-order valence-corrected chi connectivity index (χ0v) is 43.7. The zero-order valence-electron chi connectivity index (χ0n) is 41.9. The van der Waals surface area contributed by atoms with Crippen molar-refractivity contribution < 1.29 is 76.5 Å². The number of phosphoric ester groups is 2. The molecular formula is C50H81N3O17P2. The summed E-state index contributed by atoms with van der Waals surface area (Å²) in [5.41, 5.74) is 4.56. The minimum atomic E-state index is -5.48.